The molecule has 2 aliphatic rings. The molecule has 2 aliphatic heterocycles. The summed E-state index contributed by atoms with van der Waals surface area (Å²) in [5.74, 6) is 0.845. The van der Waals surface area contributed by atoms with Gasteiger partial charge in [0.15, 0.2) is 0 Å². The smallest absolute Gasteiger partial charge is 0.224 e. The summed E-state index contributed by atoms with van der Waals surface area (Å²) in [5.41, 5.74) is 0. The molecule has 0 unspecified atom stereocenters. The van der Waals surface area contributed by atoms with Crippen LogP contribution < -0.4 is 10.6 Å². The average Bonchev–Trinajstić information content (AvgIpc) is 2.66. The molecule has 0 radical (unpaired) electrons. The molecule has 0 aliphatic carbocycles. The van der Waals surface area contributed by atoms with Gasteiger partial charge in [0.2, 0.25) is 5.91 Å². The molecule has 4 nitrogen and oxygen atoms in total. The van der Waals surface area contributed by atoms with E-state index in [1.165, 1.54) is 0 Å². The highest BCUT2D eigenvalue weighted by molar-refractivity contribution is 5.79. The fourth-order valence-corrected chi connectivity index (χ4v) is 2.31. The van der Waals surface area contributed by atoms with Crippen LogP contribution in [0.5, 0.6) is 0 Å². The van der Waals surface area contributed by atoms with Crippen LogP contribution in [0.1, 0.15) is 19.8 Å². The molecule has 2 heterocycles. The Morgan fingerprint density at radius 1 is 1.33 bits per heavy atom. The highest BCUT2D eigenvalue weighted by Gasteiger charge is 2.30. The summed E-state index contributed by atoms with van der Waals surface area (Å²) >= 11 is 0. The summed E-state index contributed by atoms with van der Waals surface area (Å²) in [6.07, 6.45) is 1.92. The number of hydrogen-bond donors (Lipinski definition) is 2. The molecule has 2 saturated heterocycles. The van der Waals surface area contributed by atoms with Crippen LogP contribution in [0.25, 0.3) is 0 Å². The van der Waals surface area contributed by atoms with Crippen LogP contribution >= 0.6 is 0 Å². The third-order valence-corrected chi connectivity index (χ3v) is 3.42. The lowest BCUT2D eigenvalue weighted by Crippen LogP contribution is -2.43. The molecule has 0 aromatic heterocycles. The monoisotopic (exact) mass is 212 g/mol. The highest BCUT2D eigenvalue weighted by atomic mass is 16.5. The largest absolute Gasteiger partial charge is 0.381 e. The quantitative estimate of drug-likeness (QED) is 0.684. The predicted molar refractivity (Wildman–Crippen MR) is 57.5 cm³/mol. The van der Waals surface area contributed by atoms with Crippen molar-refractivity contribution >= 4 is 5.91 Å². The van der Waals surface area contributed by atoms with E-state index in [4.69, 9.17) is 4.74 Å². The number of hydrogen-bond acceptors (Lipinski definition) is 3. The van der Waals surface area contributed by atoms with Crippen LogP contribution in [0.4, 0.5) is 0 Å². The number of carbonyl (C=O) groups is 1. The van der Waals surface area contributed by atoms with E-state index < -0.39 is 0 Å². The molecule has 0 spiro atoms. The van der Waals surface area contributed by atoms with E-state index in [9.17, 15) is 4.79 Å². The molecule has 15 heavy (non-hydrogen) atoms. The van der Waals surface area contributed by atoms with Crippen molar-refractivity contribution in [1.82, 2.24) is 10.6 Å². The highest BCUT2D eigenvalue weighted by Crippen LogP contribution is 2.17. The van der Waals surface area contributed by atoms with Gasteiger partial charge in [0.05, 0.1) is 5.92 Å². The maximum absolute atomic E-state index is 11.9. The van der Waals surface area contributed by atoms with Crippen molar-refractivity contribution in [2.24, 2.45) is 11.8 Å². The summed E-state index contributed by atoms with van der Waals surface area (Å²) in [5, 5.41) is 6.39. The first kappa shape index (κ1) is 10.9. The van der Waals surface area contributed by atoms with E-state index in [2.05, 4.69) is 17.6 Å². The summed E-state index contributed by atoms with van der Waals surface area (Å²) in [6.45, 7) is 5.49. The molecule has 2 N–H and O–H groups in total. The molecule has 4 heteroatoms. The maximum atomic E-state index is 11.9. The second kappa shape index (κ2) is 4.94. The Hall–Kier alpha value is -0.610. The third kappa shape index (κ3) is 2.69. The fourth-order valence-electron chi connectivity index (χ4n) is 2.31. The zero-order valence-corrected chi connectivity index (χ0v) is 9.29. The van der Waals surface area contributed by atoms with E-state index in [-0.39, 0.29) is 11.8 Å². The van der Waals surface area contributed by atoms with Gasteiger partial charge in [-0.05, 0) is 25.3 Å². The van der Waals surface area contributed by atoms with Crippen molar-refractivity contribution in [2.75, 3.05) is 26.3 Å². The summed E-state index contributed by atoms with van der Waals surface area (Å²) < 4.78 is 5.26. The van der Waals surface area contributed by atoms with Crippen LogP contribution in [0, 0.1) is 11.8 Å². The van der Waals surface area contributed by atoms with Gasteiger partial charge in [0.1, 0.15) is 0 Å². The molecule has 0 bridgehead atoms. The van der Waals surface area contributed by atoms with E-state index in [0.29, 0.717) is 12.0 Å². The van der Waals surface area contributed by atoms with Crippen molar-refractivity contribution in [3.8, 4) is 0 Å². The number of ether oxygens (including phenoxy) is 1. The van der Waals surface area contributed by atoms with Crippen molar-refractivity contribution in [3.05, 3.63) is 0 Å². The van der Waals surface area contributed by atoms with E-state index >= 15 is 0 Å². The first-order chi connectivity index (χ1) is 7.27. The van der Waals surface area contributed by atoms with Gasteiger partial charge in [-0.2, -0.15) is 0 Å². The Kier molecular flexibility index (Phi) is 3.59. The molecule has 0 aromatic rings. The zero-order valence-electron chi connectivity index (χ0n) is 9.29. The number of amides is 1. The number of carbonyl (C=O) groups excluding carboxylic acids is 1. The molecule has 86 valence electrons. The first-order valence-electron chi connectivity index (χ1n) is 5.86. The van der Waals surface area contributed by atoms with Crippen molar-refractivity contribution in [1.29, 1.82) is 0 Å². The summed E-state index contributed by atoms with van der Waals surface area (Å²) in [6, 6.07) is 0.332. The summed E-state index contributed by atoms with van der Waals surface area (Å²) in [4.78, 5) is 11.9. The van der Waals surface area contributed by atoms with Crippen LogP contribution in [0.15, 0.2) is 0 Å². The van der Waals surface area contributed by atoms with Gasteiger partial charge in [0, 0.05) is 25.8 Å². The molecule has 2 rings (SSSR count). The van der Waals surface area contributed by atoms with E-state index in [0.717, 1.165) is 39.1 Å². The molecular formula is C11H20N2O2. The topological polar surface area (TPSA) is 50.4 Å². The van der Waals surface area contributed by atoms with Crippen LogP contribution in [0.3, 0.4) is 0 Å². The number of nitrogens with one attached hydrogen (secondary N) is 2. The molecular weight excluding hydrogens is 192 g/mol. The second-order valence-electron chi connectivity index (χ2n) is 4.64. The lowest BCUT2D eigenvalue weighted by atomic mass is 9.96. The van der Waals surface area contributed by atoms with Crippen LogP contribution in [-0.4, -0.2) is 38.3 Å². The van der Waals surface area contributed by atoms with Crippen LogP contribution in [0.2, 0.25) is 0 Å². The first-order valence-corrected chi connectivity index (χ1v) is 5.86. The minimum absolute atomic E-state index is 0.160. The van der Waals surface area contributed by atoms with Gasteiger partial charge < -0.3 is 15.4 Å². The second-order valence-corrected chi connectivity index (χ2v) is 4.64. The zero-order chi connectivity index (χ0) is 10.7. The predicted octanol–water partition coefficient (Wildman–Crippen LogP) is 0.137. The Morgan fingerprint density at radius 2 is 2.07 bits per heavy atom. The molecule has 0 aromatic carbocycles. The molecule has 2 atom stereocenters. The van der Waals surface area contributed by atoms with E-state index in [1.54, 1.807) is 0 Å². The standard InChI is InChI=1S/C11H20N2O2/c1-8-6-12-7-10(8)11(14)13-9-2-4-15-5-3-9/h8-10,12H,2-7H2,1H3,(H,13,14)/t8-,10-/m1/s1. The van der Waals surface area contributed by atoms with Gasteiger partial charge in [0.25, 0.3) is 0 Å². The van der Waals surface area contributed by atoms with Crippen LogP contribution in [-0.2, 0) is 9.53 Å². The van der Waals surface area contributed by atoms with Gasteiger partial charge >= 0.3 is 0 Å². The van der Waals surface area contributed by atoms with Gasteiger partial charge in [-0.3, -0.25) is 4.79 Å². The lowest BCUT2D eigenvalue weighted by molar-refractivity contribution is -0.126. The van der Waals surface area contributed by atoms with E-state index in [1.807, 2.05) is 0 Å². The van der Waals surface area contributed by atoms with Crippen molar-refractivity contribution in [2.45, 2.75) is 25.8 Å². The molecule has 1 amide bonds. The fraction of sp³-hybridized carbons (Fsp3) is 0.909. The number of rotatable bonds is 2. The average molecular weight is 212 g/mol. The SMILES string of the molecule is C[C@@H]1CNC[C@H]1C(=O)NC1CCOCC1. The maximum Gasteiger partial charge on any atom is 0.224 e. The van der Waals surface area contributed by atoms with Gasteiger partial charge in [-0.1, -0.05) is 6.92 Å². The Bertz CT molecular complexity index is 227. The van der Waals surface area contributed by atoms with Gasteiger partial charge in [-0.15, -0.1) is 0 Å². The lowest BCUT2D eigenvalue weighted by Gasteiger charge is -2.25. The van der Waals surface area contributed by atoms with Crippen molar-refractivity contribution in [3.63, 3.8) is 0 Å². The minimum Gasteiger partial charge on any atom is -0.381 e. The normalized spacial score (nSPS) is 32.9. The summed E-state index contributed by atoms with van der Waals surface area (Å²) in [7, 11) is 0. The third-order valence-electron chi connectivity index (χ3n) is 3.42. The molecule has 2 fully saturated rings. The Morgan fingerprint density at radius 3 is 2.67 bits per heavy atom. The molecule has 0 saturated carbocycles. The Balaban J connectivity index is 1.80. The van der Waals surface area contributed by atoms with Gasteiger partial charge in [-0.25, -0.2) is 0 Å². The Labute approximate surface area is 90.8 Å². The minimum atomic E-state index is 0.160. The van der Waals surface area contributed by atoms with Crippen molar-refractivity contribution < 1.29 is 9.53 Å².